The average Bonchev–Trinajstić information content (AvgIpc) is 2.77. The maximum atomic E-state index is 3.33. The van der Waals surface area contributed by atoms with E-state index in [1.54, 1.807) is 0 Å². The monoisotopic (exact) mass is 228 g/mol. The summed E-state index contributed by atoms with van der Waals surface area (Å²) in [5, 5.41) is 5.42. The number of hydrazine groups is 2. The molecule has 0 radical (unpaired) electrons. The summed E-state index contributed by atoms with van der Waals surface area (Å²) in [6.45, 7) is 10.5. The van der Waals surface area contributed by atoms with E-state index in [-0.39, 0.29) is 0 Å². The molecule has 96 valence electrons. The van der Waals surface area contributed by atoms with Crippen molar-refractivity contribution in [2.45, 2.75) is 53.4 Å². The minimum atomic E-state index is 1.04. The highest BCUT2D eigenvalue weighted by Gasteiger charge is 2.08. The van der Waals surface area contributed by atoms with Crippen LogP contribution in [0.1, 0.15) is 53.4 Å². The van der Waals surface area contributed by atoms with Gasteiger partial charge >= 0.3 is 0 Å². The van der Waals surface area contributed by atoms with E-state index in [0.717, 1.165) is 18.9 Å². The number of nitrogens with zero attached hydrogens (tertiary/aromatic N) is 1. The van der Waals surface area contributed by atoms with E-state index in [1.807, 2.05) is 13.8 Å². The molecule has 0 fully saturated rings. The van der Waals surface area contributed by atoms with E-state index in [4.69, 9.17) is 0 Å². The lowest BCUT2D eigenvalue weighted by Gasteiger charge is -2.13. The molecule has 1 heterocycles. The molecule has 0 saturated heterocycles. The Bertz CT molecular complexity index is 180. The number of unbranched alkanes of at least 4 members (excludes halogenated alkanes) is 2. The fraction of sp³-hybridized carbons (Fsp3) is 0.833. The number of hydrogen-bond donors (Lipinski definition) is 3. The first-order valence-electron chi connectivity index (χ1n) is 6.60. The van der Waals surface area contributed by atoms with Crippen LogP contribution in [-0.4, -0.2) is 18.1 Å². The smallest absolute Gasteiger partial charge is 0.132 e. The molecule has 0 atom stereocenters. The molecule has 0 aromatic heterocycles. The van der Waals surface area contributed by atoms with Gasteiger partial charge in [-0.3, -0.25) is 10.4 Å². The highest BCUT2D eigenvalue weighted by Crippen LogP contribution is 1.99. The van der Waals surface area contributed by atoms with Gasteiger partial charge in [0.25, 0.3) is 0 Å². The van der Waals surface area contributed by atoms with Gasteiger partial charge in [0.05, 0.1) is 6.20 Å². The second-order valence-corrected chi connectivity index (χ2v) is 3.61. The van der Waals surface area contributed by atoms with E-state index in [0.29, 0.717) is 0 Å². The predicted octanol–water partition coefficient (Wildman–Crippen LogP) is 2.33. The molecule has 0 bridgehead atoms. The van der Waals surface area contributed by atoms with Gasteiger partial charge in [-0.1, -0.05) is 40.5 Å². The topological polar surface area (TPSA) is 39.3 Å². The van der Waals surface area contributed by atoms with Crippen LogP contribution in [0.2, 0.25) is 0 Å². The van der Waals surface area contributed by atoms with E-state index in [9.17, 15) is 0 Å². The van der Waals surface area contributed by atoms with Crippen molar-refractivity contribution >= 4 is 0 Å². The summed E-state index contributed by atoms with van der Waals surface area (Å²) in [5.74, 6) is 1.08. The Morgan fingerprint density at radius 2 is 1.88 bits per heavy atom. The van der Waals surface area contributed by atoms with Crippen LogP contribution in [0.25, 0.3) is 0 Å². The zero-order chi connectivity index (χ0) is 12.2. The molecule has 4 nitrogen and oxygen atoms in total. The molecular formula is C12H28N4. The molecule has 0 aromatic carbocycles. The van der Waals surface area contributed by atoms with Crippen molar-refractivity contribution in [2.24, 2.45) is 0 Å². The van der Waals surface area contributed by atoms with Crippen molar-refractivity contribution in [2.75, 3.05) is 13.1 Å². The molecular weight excluding hydrogens is 200 g/mol. The second kappa shape index (κ2) is 10.6. The Balaban J connectivity index is 0.00000106. The first-order valence-corrected chi connectivity index (χ1v) is 6.60. The fourth-order valence-electron chi connectivity index (χ4n) is 1.29. The SMILES string of the molecule is CC.CCCCNC1=CN(CCCC)NN1. The van der Waals surface area contributed by atoms with E-state index >= 15 is 0 Å². The Morgan fingerprint density at radius 1 is 1.19 bits per heavy atom. The third kappa shape index (κ3) is 6.56. The lowest BCUT2D eigenvalue weighted by molar-refractivity contribution is 0.266. The van der Waals surface area contributed by atoms with Crippen LogP contribution < -0.4 is 16.3 Å². The van der Waals surface area contributed by atoms with Gasteiger partial charge in [0.1, 0.15) is 5.82 Å². The van der Waals surface area contributed by atoms with Crippen molar-refractivity contribution in [3.05, 3.63) is 12.0 Å². The predicted molar refractivity (Wildman–Crippen MR) is 70.2 cm³/mol. The molecule has 1 aliphatic rings. The highest BCUT2D eigenvalue weighted by atomic mass is 15.7. The third-order valence-corrected chi connectivity index (χ3v) is 2.22. The molecule has 1 aliphatic heterocycles. The maximum absolute atomic E-state index is 3.33. The van der Waals surface area contributed by atoms with Gasteiger partial charge in [0.2, 0.25) is 0 Å². The lowest BCUT2D eigenvalue weighted by atomic mass is 10.3. The summed E-state index contributed by atoms with van der Waals surface area (Å²) < 4.78 is 0. The average molecular weight is 228 g/mol. The van der Waals surface area contributed by atoms with E-state index in [2.05, 4.69) is 41.3 Å². The molecule has 16 heavy (non-hydrogen) atoms. The van der Waals surface area contributed by atoms with Crippen molar-refractivity contribution in [3.8, 4) is 0 Å². The molecule has 0 unspecified atom stereocenters. The summed E-state index contributed by atoms with van der Waals surface area (Å²) >= 11 is 0. The van der Waals surface area contributed by atoms with Crippen LogP contribution in [0.5, 0.6) is 0 Å². The van der Waals surface area contributed by atoms with Gasteiger partial charge in [0.15, 0.2) is 0 Å². The largest absolute Gasteiger partial charge is 0.370 e. The molecule has 0 saturated carbocycles. The summed E-state index contributed by atoms with van der Waals surface area (Å²) in [6, 6.07) is 0. The van der Waals surface area contributed by atoms with Crippen molar-refractivity contribution in [3.63, 3.8) is 0 Å². The lowest BCUT2D eigenvalue weighted by Crippen LogP contribution is -2.38. The second-order valence-electron chi connectivity index (χ2n) is 3.61. The van der Waals surface area contributed by atoms with Crippen LogP contribution in [0.4, 0.5) is 0 Å². The molecule has 0 spiro atoms. The molecule has 0 aromatic rings. The van der Waals surface area contributed by atoms with Crippen LogP contribution in [0, 0.1) is 0 Å². The normalized spacial score (nSPS) is 13.8. The Kier molecular flexibility index (Phi) is 10.0. The van der Waals surface area contributed by atoms with Gasteiger partial charge in [-0.25, -0.2) is 0 Å². The zero-order valence-corrected chi connectivity index (χ0v) is 11.3. The van der Waals surface area contributed by atoms with Crippen LogP contribution in [-0.2, 0) is 0 Å². The third-order valence-electron chi connectivity index (χ3n) is 2.22. The van der Waals surface area contributed by atoms with E-state index in [1.165, 1.54) is 25.7 Å². The van der Waals surface area contributed by atoms with Gasteiger partial charge in [-0.05, 0) is 12.8 Å². The van der Waals surface area contributed by atoms with Crippen LogP contribution in [0.3, 0.4) is 0 Å². The van der Waals surface area contributed by atoms with Crippen molar-refractivity contribution < 1.29 is 0 Å². The summed E-state index contributed by atoms with van der Waals surface area (Å²) in [7, 11) is 0. The number of rotatable bonds is 7. The van der Waals surface area contributed by atoms with Gasteiger partial charge in [0, 0.05) is 13.1 Å². The molecule has 3 N–H and O–H groups in total. The Hall–Kier alpha value is -0.900. The van der Waals surface area contributed by atoms with Gasteiger partial charge in [-0.2, -0.15) is 0 Å². The van der Waals surface area contributed by atoms with Crippen LogP contribution >= 0.6 is 0 Å². The standard InChI is InChI=1S/C10H22N4.C2H6/c1-3-5-7-11-10-9-14(13-12-10)8-6-4-2;1-2/h9,11-13H,3-8H2,1-2H3;1-2H3. The number of nitrogens with one attached hydrogen (secondary N) is 3. The number of hydrogen-bond acceptors (Lipinski definition) is 4. The van der Waals surface area contributed by atoms with E-state index < -0.39 is 0 Å². The maximum Gasteiger partial charge on any atom is 0.132 e. The Morgan fingerprint density at radius 3 is 2.50 bits per heavy atom. The summed E-state index contributed by atoms with van der Waals surface area (Å²) in [6.07, 6.45) is 6.98. The fourth-order valence-corrected chi connectivity index (χ4v) is 1.29. The minimum Gasteiger partial charge on any atom is -0.370 e. The Labute approximate surface area is 100 Å². The summed E-state index contributed by atoms with van der Waals surface area (Å²) in [5.41, 5.74) is 6.20. The molecule has 4 heteroatoms. The first-order chi connectivity index (χ1) is 7.86. The zero-order valence-electron chi connectivity index (χ0n) is 11.3. The van der Waals surface area contributed by atoms with Gasteiger partial charge < -0.3 is 5.32 Å². The first kappa shape index (κ1) is 15.1. The van der Waals surface area contributed by atoms with Crippen molar-refractivity contribution in [1.29, 1.82) is 0 Å². The van der Waals surface area contributed by atoms with Crippen molar-refractivity contribution in [1.82, 2.24) is 21.3 Å². The highest BCUT2D eigenvalue weighted by molar-refractivity contribution is 4.98. The molecule has 0 aliphatic carbocycles. The molecule has 1 rings (SSSR count). The minimum absolute atomic E-state index is 1.04. The molecule has 0 amide bonds. The van der Waals surface area contributed by atoms with Gasteiger partial charge in [-0.15, -0.1) is 5.53 Å². The summed E-state index contributed by atoms with van der Waals surface area (Å²) in [4.78, 5) is 0. The quantitative estimate of drug-likeness (QED) is 0.585. The van der Waals surface area contributed by atoms with Crippen LogP contribution in [0.15, 0.2) is 12.0 Å².